The van der Waals surface area contributed by atoms with E-state index in [1.54, 1.807) is 11.3 Å². The number of pyridine rings is 1. The van der Waals surface area contributed by atoms with Gasteiger partial charge in [0.2, 0.25) is 0 Å². The molecule has 0 saturated carbocycles. The number of thiophene rings is 1. The molecule has 2 heterocycles. The summed E-state index contributed by atoms with van der Waals surface area (Å²) in [5.41, 5.74) is 3.76. The van der Waals surface area contributed by atoms with Crippen LogP contribution in [0.5, 0.6) is 0 Å². The van der Waals surface area contributed by atoms with Crippen molar-refractivity contribution in [3.8, 4) is 0 Å². The topological polar surface area (TPSA) is 24.9 Å². The highest BCUT2D eigenvalue weighted by Gasteiger charge is 2.13. The Kier molecular flexibility index (Phi) is 3.58. The van der Waals surface area contributed by atoms with Crippen LogP contribution in [0.1, 0.15) is 17.2 Å². The smallest absolute Gasteiger partial charge is 0.0705 e. The summed E-state index contributed by atoms with van der Waals surface area (Å²) >= 11 is 1.75. The Morgan fingerprint density at radius 2 is 2.11 bits per heavy atom. The third-order valence-corrected chi connectivity index (χ3v) is 4.16. The van der Waals surface area contributed by atoms with Gasteiger partial charge in [0.25, 0.3) is 0 Å². The van der Waals surface area contributed by atoms with Gasteiger partial charge in [-0.2, -0.15) is 11.3 Å². The summed E-state index contributed by atoms with van der Waals surface area (Å²) in [6.45, 7) is 0. The average molecular weight is 268 g/mol. The molecule has 2 aromatic heterocycles. The number of hydrogen-bond acceptors (Lipinski definition) is 3. The van der Waals surface area contributed by atoms with Crippen LogP contribution in [-0.2, 0) is 6.42 Å². The molecule has 3 heteroatoms. The molecule has 1 N–H and O–H groups in total. The van der Waals surface area contributed by atoms with Crippen LogP contribution in [0.25, 0.3) is 10.9 Å². The molecular weight excluding hydrogens is 252 g/mol. The summed E-state index contributed by atoms with van der Waals surface area (Å²) < 4.78 is 0. The number of nitrogens with one attached hydrogen (secondary N) is 1. The van der Waals surface area contributed by atoms with Crippen molar-refractivity contribution in [3.05, 3.63) is 64.5 Å². The maximum atomic E-state index is 4.43. The van der Waals surface area contributed by atoms with E-state index in [1.165, 1.54) is 16.5 Å². The summed E-state index contributed by atoms with van der Waals surface area (Å²) in [7, 11) is 2.02. The normalized spacial score (nSPS) is 12.7. The van der Waals surface area contributed by atoms with Crippen molar-refractivity contribution in [1.82, 2.24) is 10.3 Å². The van der Waals surface area contributed by atoms with Crippen molar-refractivity contribution in [1.29, 1.82) is 0 Å². The first-order chi connectivity index (χ1) is 9.38. The quantitative estimate of drug-likeness (QED) is 0.778. The maximum Gasteiger partial charge on any atom is 0.0705 e. The molecule has 1 unspecified atom stereocenters. The minimum absolute atomic E-state index is 0.322. The molecule has 96 valence electrons. The van der Waals surface area contributed by atoms with Gasteiger partial charge in [0.15, 0.2) is 0 Å². The van der Waals surface area contributed by atoms with Crippen molar-refractivity contribution in [2.75, 3.05) is 7.05 Å². The Hall–Kier alpha value is -1.71. The summed E-state index contributed by atoms with van der Waals surface area (Å²) in [6, 6.07) is 13.0. The highest BCUT2D eigenvalue weighted by molar-refractivity contribution is 7.07. The summed E-state index contributed by atoms with van der Waals surface area (Å²) in [5, 5.41) is 9.01. The summed E-state index contributed by atoms with van der Waals surface area (Å²) in [4.78, 5) is 4.43. The summed E-state index contributed by atoms with van der Waals surface area (Å²) in [5.74, 6) is 0. The lowest BCUT2D eigenvalue weighted by Crippen LogP contribution is -2.19. The van der Waals surface area contributed by atoms with Crippen LogP contribution in [0.3, 0.4) is 0 Å². The predicted molar refractivity (Wildman–Crippen MR) is 81.6 cm³/mol. The Balaban J connectivity index is 2.01. The molecule has 0 aliphatic heterocycles. The standard InChI is InChI=1S/C16H16N2S/c1-17-16(10-12-7-9-19-11-12)14-6-8-18-15-5-3-2-4-13(14)15/h2-9,11,16-17H,10H2,1H3. The van der Waals surface area contributed by atoms with E-state index < -0.39 is 0 Å². The number of benzene rings is 1. The molecule has 0 saturated heterocycles. The summed E-state index contributed by atoms with van der Waals surface area (Å²) in [6.07, 6.45) is 2.91. The zero-order valence-electron chi connectivity index (χ0n) is 10.8. The number of rotatable bonds is 4. The predicted octanol–water partition coefficient (Wildman–Crippen LogP) is 3.80. The molecule has 1 atom stereocenters. The Bertz CT molecular complexity index is 656. The van der Waals surface area contributed by atoms with Crippen LogP contribution in [0, 0.1) is 0 Å². The molecule has 0 spiro atoms. The zero-order valence-corrected chi connectivity index (χ0v) is 11.7. The number of para-hydroxylation sites is 1. The van der Waals surface area contributed by atoms with E-state index in [1.807, 2.05) is 19.3 Å². The minimum atomic E-state index is 0.322. The van der Waals surface area contributed by atoms with Gasteiger partial charge in [-0.1, -0.05) is 18.2 Å². The van der Waals surface area contributed by atoms with Gasteiger partial charge in [-0.05, 0) is 53.6 Å². The van der Waals surface area contributed by atoms with Gasteiger partial charge < -0.3 is 5.32 Å². The molecule has 19 heavy (non-hydrogen) atoms. The SMILES string of the molecule is CNC(Cc1ccsc1)c1ccnc2ccccc12. The van der Waals surface area contributed by atoms with Crippen LogP contribution in [0.4, 0.5) is 0 Å². The maximum absolute atomic E-state index is 4.43. The Morgan fingerprint density at radius 3 is 2.89 bits per heavy atom. The van der Waals surface area contributed by atoms with Gasteiger partial charge in [-0.15, -0.1) is 0 Å². The number of aromatic nitrogens is 1. The van der Waals surface area contributed by atoms with Crippen LogP contribution >= 0.6 is 11.3 Å². The van der Waals surface area contributed by atoms with E-state index in [0.29, 0.717) is 6.04 Å². The molecule has 0 bridgehead atoms. The van der Waals surface area contributed by atoms with Gasteiger partial charge >= 0.3 is 0 Å². The third-order valence-electron chi connectivity index (χ3n) is 3.43. The van der Waals surface area contributed by atoms with Crippen molar-refractivity contribution >= 4 is 22.2 Å². The average Bonchev–Trinajstić information content (AvgIpc) is 2.97. The lowest BCUT2D eigenvalue weighted by Gasteiger charge is -2.18. The first kappa shape index (κ1) is 12.3. The molecule has 3 aromatic rings. The molecule has 2 nitrogen and oxygen atoms in total. The van der Waals surface area contributed by atoms with E-state index in [4.69, 9.17) is 0 Å². The molecule has 0 radical (unpaired) electrons. The van der Waals surface area contributed by atoms with Gasteiger partial charge in [0, 0.05) is 17.6 Å². The molecule has 0 aliphatic carbocycles. The van der Waals surface area contributed by atoms with E-state index in [0.717, 1.165) is 11.9 Å². The van der Waals surface area contributed by atoms with Crippen molar-refractivity contribution in [2.45, 2.75) is 12.5 Å². The number of hydrogen-bond donors (Lipinski definition) is 1. The number of fused-ring (bicyclic) bond motifs is 1. The Morgan fingerprint density at radius 1 is 1.21 bits per heavy atom. The molecule has 0 fully saturated rings. The second-order valence-corrected chi connectivity index (χ2v) is 5.37. The fourth-order valence-corrected chi connectivity index (χ4v) is 3.12. The fourth-order valence-electron chi connectivity index (χ4n) is 2.43. The number of nitrogens with zero attached hydrogens (tertiary/aromatic N) is 1. The van der Waals surface area contributed by atoms with Gasteiger partial charge in [-0.3, -0.25) is 4.98 Å². The minimum Gasteiger partial charge on any atom is -0.313 e. The van der Waals surface area contributed by atoms with Crippen LogP contribution in [0.2, 0.25) is 0 Å². The number of likely N-dealkylation sites (N-methyl/N-ethyl adjacent to an activating group) is 1. The van der Waals surface area contributed by atoms with Crippen molar-refractivity contribution < 1.29 is 0 Å². The van der Waals surface area contributed by atoms with E-state index >= 15 is 0 Å². The Labute approximate surface area is 117 Å². The van der Waals surface area contributed by atoms with Gasteiger partial charge in [0.1, 0.15) is 0 Å². The lowest BCUT2D eigenvalue weighted by atomic mass is 9.97. The van der Waals surface area contributed by atoms with Crippen molar-refractivity contribution in [2.24, 2.45) is 0 Å². The van der Waals surface area contributed by atoms with Crippen LogP contribution in [-0.4, -0.2) is 12.0 Å². The monoisotopic (exact) mass is 268 g/mol. The molecule has 0 aliphatic rings. The molecule has 0 amide bonds. The van der Waals surface area contributed by atoms with Gasteiger partial charge in [-0.25, -0.2) is 0 Å². The lowest BCUT2D eigenvalue weighted by molar-refractivity contribution is 0.597. The van der Waals surface area contributed by atoms with Gasteiger partial charge in [0.05, 0.1) is 5.52 Å². The van der Waals surface area contributed by atoms with E-state index in [-0.39, 0.29) is 0 Å². The van der Waals surface area contributed by atoms with E-state index in [2.05, 4.69) is 51.4 Å². The zero-order chi connectivity index (χ0) is 13.1. The molecule has 3 rings (SSSR count). The molecule has 1 aromatic carbocycles. The van der Waals surface area contributed by atoms with E-state index in [9.17, 15) is 0 Å². The first-order valence-corrected chi connectivity index (χ1v) is 7.35. The highest BCUT2D eigenvalue weighted by Crippen LogP contribution is 2.25. The van der Waals surface area contributed by atoms with Crippen molar-refractivity contribution in [3.63, 3.8) is 0 Å². The van der Waals surface area contributed by atoms with Crippen LogP contribution < -0.4 is 5.32 Å². The first-order valence-electron chi connectivity index (χ1n) is 6.40. The largest absolute Gasteiger partial charge is 0.313 e. The second kappa shape index (κ2) is 5.51. The second-order valence-electron chi connectivity index (χ2n) is 4.59. The third kappa shape index (κ3) is 2.53. The fraction of sp³-hybridized carbons (Fsp3) is 0.188. The highest BCUT2D eigenvalue weighted by atomic mass is 32.1. The molecular formula is C16H16N2S. The van der Waals surface area contributed by atoms with Crippen LogP contribution in [0.15, 0.2) is 53.4 Å².